The molecule has 110 valence electrons. The summed E-state index contributed by atoms with van der Waals surface area (Å²) in [5.41, 5.74) is 1.68. The van der Waals surface area contributed by atoms with Crippen molar-refractivity contribution in [2.75, 3.05) is 5.94 Å². The first-order valence-corrected chi connectivity index (χ1v) is 7.66. The van der Waals surface area contributed by atoms with E-state index in [4.69, 9.17) is 4.74 Å². The van der Waals surface area contributed by atoms with Crippen LogP contribution in [0.5, 0.6) is 0 Å². The summed E-state index contributed by atoms with van der Waals surface area (Å²) >= 11 is 3.99. The smallest absolute Gasteiger partial charge is 0.405 e. The topological polar surface area (TPSA) is 30.2 Å². The Morgan fingerprint density at radius 3 is 2.50 bits per heavy atom. The third-order valence-corrected chi connectivity index (χ3v) is 3.65. The minimum atomic E-state index is -0.359. The molecule has 0 aliphatic carbocycles. The Labute approximate surface area is 134 Å². The van der Waals surface area contributed by atoms with Crippen LogP contribution < -0.4 is 4.57 Å². The molecule has 0 N–H and O–H groups in total. The molecule has 0 saturated heterocycles. The quantitative estimate of drug-likeness (QED) is 0.347. The largest absolute Gasteiger partial charge is 0.447 e. The molecule has 0 fully saturated rings. The highest BCUT2D eigenvalue weighted by Crippen LogP contribution is 2.17. The molecule has 0 spiro atoms. The number of hydrogen-bond acceptors (Lipinski definition) is 3. The van der Waals surface area contributed by atoms with Crippen LogP contribution in [0.1, 0.15) is 16.1 Å². The number of esters is 1. The number of carbonyl (C=O) groups excluding carboxylic acids is 1. The molecular formula is C18H16NO2S+. The monoisotopic (exact) mass is 310 g/mol. The number of fused-ring (bicyclic) bond motifs is 1. The van der Waals surface area contributed by atoms with Gasteiger partial charge in [-0.15, -0.1) is 12.6 Å². The second-order valence-corrected chi connectivity index (χ2v) is 5.18. The Morgan fingerprint density at radius 1 is 1.00 bits per heavy atom. The van der Waals surface area contributed by atoms with E-state index in [0.29, 0.717) is 12.2 Å². The van der Waals surface area contributed by atoms with Crippen LogP contribution >= 0.6 is 12.6 Å². The summed E-state index contributed by atoms with van der Waals surface area (Å²) in [6.45, 7) is 0.614. The molecule has 0 bridgehead atoms. The predicted octanol–water partition coefficient (Wildman–Crippen LogP) is 3.22. The maximum absolute atomic E-state index is 12.4. The fourth-order valence-electron chi connectivity index (χ4n) is 2.52. The van der Waals surface area contributed by atoms with Crippen molar-refractivity contribution in [1.82, 2.24) is 0 Å². The lowest BCUT2D eigenvalue weighted by Crippen LogP contribution is -2.41. The molecule has 3 nitrogen and oxygen atoms in total. The fourth-order valence-corrected chi connectivity index (χ4v) is 2.64. The summed E-state index contributed by atoms with van der Waals surface area (Å²) in [6, 6.07) is 19.8. The second kappa shape index (κ2) is 6.62. The minimum Gasteiger partial charge on any atom is -0.447 e. The van der Waals surface area contributed by atoms with Gasteiger partial charge in [0.1, 0.15) is 5.94 Å². The summed E-state index contributed by atoms with van der Waals surface area (Å²) in [5, 5.41) is 1.89. The van der Waals surface area contributed by atoms with E-state index >= 15 is 0 Å². The van der Waals surface area contributed by atoms with Gasteiger partial charge in [0.2, 0.25) is 0 Å². The van der Waals surface area contributed by atoms with Crippen LogP contribution in [0.4, 0.5) is 0 Å². The van der Waals surface area contributed by atoms with Gasteiger partial charge in [0.25, 0.3) is 5.69 Å². The third-order valence-electron chi connectivity index (χ3n) is 3.52. The Balaban J connectivity index is 2.12. The Bertz CT molecular complexity index is 803. The normalized spacial score (nSPS) is 10.6. The van der Waals surface area contributed by atoms with Crippen LogP contribution in [0.3, 0.4) is 0 Å². The van der Waals surface area contributed by atoms with Crippen LogP contribution in [0, 0.1) is 0 Å². The Hall–Kier alpha value is -2.33. The molecule has 4 heteroatoms. The number of benzene rings is 2. The van der Waals surface area contributed by atoms with Crippen LogP contribution in [0.2, 0.25) is 0 Å². The fraction of sp³-hybridized carbons (Fsp3) is 0.111. The van der Waals surface area contributed by atoms with Gasteiger partial charge in [-0.1, -0.05) is 48.5 Å². The molecule has 2 aromatic carbocycles. The summed E-state index contributed by atoms with van der Waals surface area (Å²) in [5.74, 6) is -0.296. The average molecular weight is 310 g/mol. The first-order chi connectivity index (χ1) is 10.8. The van der Waals surface area contributed by atoms with E-state index in [1.807, 2.05) is 71.4 Å². The summed E-state index contributed by atoms with van der Waals surface area (Å²) < 4.78 is 7.04. The maximum Gasteiger partial charge on any atom is 0.405 e. The second-order valence-electron chi connectivity index (χ2n) is 4.93. The maximum atomic E-state index is 12.4. The van der Waals surface area contributed by atoms with E-state index in [9.17, 15) is 4.79 Å². The SMILES string of the molecule is O=C(OCS)c1c2ccccc2cc[n+]1Cc1ccccc1. The van der Waals surface area contributed by atoms with Crippen molar-refractivity contribution in [3.8, 4) is 0 Å². The van der Waals surface area contributed by atoms with Gasteiger partial charge in [-0.2, -0.15) is 4.57 Å². The lowest BCUT2D eigenvalue weighted by Gasteiger charge is -2.07. The zero-order valence-corrected chi connectivity index (χ0v) is 12.9. The molecule has 0 aliphatic heterocycles. The number of aromatic nitrogens is 1. The van der Waals surface area contributed by atoms with Crippen molar-refractivity contribution in [3.05, 3.63) is 78.1 Å². The molecule has 0 saturated carbocycles. The van der Waals surface area contributed by atoms with Gasteiger partial charge in [-0.25, -0.2) is 4.79 Å². The van der Waals surface area contributed by atoms with Gasteiger partial charge >= 0.3 is 5.97 Å². The van der Waals surface area contributed by atoms with Gasteiger partial charge < -0.3 is 4.74 Å². The summed E-state index contributed by atoms with van der Waals surface area (Å²) in [4.78, 5) is 12.4. The number of carbonyl (C=O) groups is 1. The highest BCUT2D eigenvalue weighted by atomic mass is 32.1. The van der Waals surface area contributed by atoms with Gasteiger partial charge in [0, 0.05) is 11.6 Å². The molecule has 22 heavy (non-hydrogen) atoms. The molecule has 1 heterocycles. The molecule has 0 atom stereocenters. The van der Waals surface area contributed by atoms with Gasteiger partial charge in [-0.05, 0) is 11.5 Å². The van der Waals surface area contributed by atoms with Crippen LogP contribution in [0.15, 0.2) is 66.9 Å². The van der Waals surface area contributed by atoms with E-state index in [0.717, 1.165) is 16.3 Å². The zero-order chi connectivity index (χ0) is 15.4. The first kappa shape index (κ1) is 14.6. The molecular weight excluding hydrogens is 294 g/mol. The van der Waals surface area contributed by atoms with Gasteiger partial charge in [-0.3, -0.25) is 0 Å². The number of nitrogens with zero attached hydrogens (tertiary/aromatic N) is 1. The van der Waals surface area contributed by atoms with Crippen molar-refractivity contribution < 1.29 is 14.1 Å². The lowest BCUT2D eigenvalue weighted by molar-refractivity contribution is -0.689. The van der Waals surface area contributed by atoms with E-state index in [2.05, 4.69) is 12.6 Å². The Kier molecular flexibility index (Phi) is 4.39. The third kappa shape index (κ3) is 2.97. The molecule has 3 rings (SSSR count). The van der Waals surface area contributed by atoms with Crippen LogP contribution in [-0.2, 0) is 11.3 Å². The van der Waals surface area contributed by atoms with E-state index < -0.39 is 0 Å². The van der Waals surface area contributed by atoms with Crippen LogP contribution in [-0.4, -0.2) is 11.9 Å². The predicted molar refractivity (Wildman–Crippen MR) is 89.0 cm³/mol. The van der Waals surface area contributed by atoms with Crippen molar-refractivity contribution >= 4 is 29.4 Å². The van der Waals surface area contributed by atoms with E-state index in [1.165, 1.54) is 0 Å². The number of thiol groups is 1. The molecule has 0 aliphatic rings. The highest BCUT2D eigenvalue weighted by Gasteiger charge is 2.24. The molecule has 3 aromatic rings. The average Bonchev–Trinajstić information content (AvgIpc) is 2.55. The van der Waals surface area contributed by atoms with Crippen molar-refractivity contribution in [2.24, 2.45) is 0 Å². The standard InChI is InChI=1S/C18H15NO2S/c20-18(21-13-22)17-16-9-5-4-8-15(16)10-11-19(17)12-14-6-2-1-3-7-14/h1-11H,12-13H2/p+1. The van der Waals surface area contributed by atoms with Crippen molar-refractivity contribution in [3.63, 3.8) is 0 Å². The molecule has 0 amide bonds. The van der Waals surface area contributed by atoms with Gasteiger partial charge in [0.15, 0.2) is 12.7 Å². The number of ether oxygens (including phenoxy) is 1. The highest BCUT2D eigenvalue weighted by molar-refractivity contribution is 7.80. The zero-order valence-electron chi connectivity index (χ0n) is 12.0. The number of pyridine rings is 1. The molecule has 1 aromatic heterocycles. The van der Waals surface area contributed by atoms with Crippen molar-refractivity contribution in [1.29, 1.82) is 0 Å². The van der Waals surface area contributed by atoms with Crippen molar-refractivity contribution in [2.45, 2.75) is 6.54 Å². The molecule has 0 radical (unpaired) electrons. The van der Waals surface area contributed by atoms with Crippen LogP contribution in [0.25, 0.3) is 10.8 Å². The minimum absolute atomic E-state index is 0.0629. The van der Waals surface area contributed by atoms with E-state index in [-0.39, 0.29) is 11.9 Å². The first-order valence-electron chi connectivity index (χ1n) is 7.02. The number of hydrogen-bond donors (Lipinski definition) is 1. The lowest BCUT2D eigenvalue weighted by atomic mass is 10.1. The Morgan fingerprint density at radius 2 is 1.73 bits per heavy atom. The van der Waals surface area contributed by atoms with Gasteiger partial charge in [0.05, 0.1) is 5.39 Å². The summed E-state index contributed by atoms with van der Waals surface area (Å²) in [7, 11) is 0. The summed E-state index contributed by atoms with van der Waals surface area (Å²) in [6.07, 6.45) is 1.92. The number of rotatable bonds is 4. The molecule has 0 unspecified atom stereocenters. The van der Waals surface area contributed by atoms with E-state index in [1.54, 1.807) is 0 Å².